The third-order valence-electron chi connectivity index (χ3n) is 2.91. The van der Waals surface area contributed by atoms with Gasteiger partial charge in [-0.3, -0.25) is 0 Å². The molecule has 0 bridgehead atoms. The molecule has 1 unspecified atom stereocenters. The van der Waals surface area contributed by atoms with E-state index in [1.807, 2.05) is 0 Å². The van der Waals surface area contributed by atoms with E-state index < -0.39 is 0 Å². The van der Waals surface area contributed by atoms with Gasteiger partial charge in [0.25, 0.3) is 0 Å². The van der Waals surface area contributed by atoms with Crippen LogP contribution in [0.4, 0.5) is 0 Å². The molecule has 1 aromatic heterocycles. The van der Waals surface area contributed by atoms with Crippen molar-refractivity contribution in [1.82, 2.24) is 20.1 Å². The van der Waals surface area contributed by atoms with E-state index in [1.165, 1.54) is 6.42 Å². The summed E-state index contributed by atoms with van der Waals surface area (Å²) in [5.41, 5.74) is 0. The van der Waals surface area contributed by atoms with Gasteiger partial charge in [-0.15, -0.1) is 0 Å². The van der Waals surface area contributed by atoms with E-state index in [0.29, 0.717) is 17.9 Å². The third-order valence-corrected chi connectivity index (χ3v) is 2.91. The molecule has 0 saturated carbocycles. The molecule has 0 aliphatic rings. The van der Waals surface area contributed by atoms with Gasteiger partial charge in [0.15, 0.2) is 0 Å². The highest BCUT2D eigenvalue weighted by atomic mass is 15.3. The molecule has 0 aliphatic carbocycles. The van der Waals surface area contributed by atoms with Gasteiger partial charge in [-0.05, 0) is 24.8 Å². The fraction of sp³-hybridized carbons (Fsp3) is 0.857. The second-order valence-corrected chi connectivity index (χ2v) is 5.84. The number of rotatable bonds is 8. The molecule has 1 atom stereocenters. The molecule has 4 heteroatoms. The van der Waals surface area contributed by atoms with E-state index in [9.17, 15) is 0 Å². The Morgan fingerprint density at radius 1 is 1.22 bits per heavy atom. The third kappa shape index (κ3) is 5.17. The van der Waals surface area contributed by atoms with E-state index in [2.05, 4.69) is 54.7 Å². The van der Waals surface area contributed by atoms with Crippen LogP contribution in [-0.2, 0) is 13.0 Å². The molecule has 1 aromatic rings. The van der Waals surface area contributed by atoms with E-state index in [0.717, 1.165) is 25.3 Å². The fourth-order valence-electron chi connectivity index (χ4n) is 2.26. The number of likely N-dealkylation sites (N-methyl/N-ethyl adjacent to an activating group) is 1. The van der Waals surface area contributed by atoms with Gasteiger partial charge < -0.3 is 5.32 Å². The molecule has 0 amide bonds. The number of nitrogens with one attached hydrogen (secondary N) is 1. The van der Waals surface area contributed by atoms with Gasteiger partial charge in [-0.25, -0.2) is 9.67 Å². The number of hydrogen-bond donors (Lipinski definition) is 1. The maximum absolute atomic E-state index is 4.41. The van der Waals surface area contributed by atoms with Crippen LogP contribution < -0.4 is 5.32 Å². The average Bonchev–Trinajstić information content (AvgIpc) is 2.64. The summed E-state index contributed by atoms with van der Waals surface area (Å²) in [7, 11) is 0. The first kappa shape index (κ1) is 15.2. The monoisotopic (exact) mass is 252 g/mol. The molecule has 104 valence electrons. The predicted octanol–water partition coefficient (Wildman–Crippen LogP) is 2.50. The molecule has 4 nitrogen and oxygen atoms in total. The molecule has 0 fully saturated rings. The van der Waals surface area contributed by atoms with Crippen molar-refractivity contribution in [3.05, 3.63) is 12.2 Å². The lowest BCUT2D eigenvalue weighted by Crippen LogP contribution is -2.33. The lowest BCUT2D eigenvalue weighted by molar-refractivity contribution is 0.399. The summed E-state index contributed by atoms with van der Waals surface area (Å²) in [5, 5.41) is 7.88. The van der Waals surface area contributed by atoms with Gasteiger partial charge in [0, 0.05) is 19.0 Å². The molecule has 0 radical (unpaired) electrons. The van der Waals surface area contributed by atoms with Gasteiger partial charge in [-0.1, -0.05) is 34.6 Å². The van der Waals surface area contributed by atoms with Crippen molar-refractivity contribution in [1.29, 1.82) is 0 Å². The van der Waals surface area contributed by atoms with Gasteiger partial charge in [-0.2, -0.15) is 5.10 Å². The molecule has 1 N–H and O–H groups in total. The Morgan fingerprint density at radius 2 is 1.94 bits per heavy atom. The minimum atomic E-state index is 0.505. The maximum Gasteiger partial charge on any atom is 0.138 e. The Hall–Kier alpha value is -0.900. The van der Waals surface area contributed by atoms with Crippen molar-refractivity contribution in [3.63, 3.8) is 0 Å². The highest BCUT2D eigenvalue weighted by molar-refractivity contribution is 4.90. The molecule has 0 spiro atoms. The Morgan fingerprint density at radius 3 is 2.50 bits per heavy atom. The number of aromatic nitrogens is 3. The summed E-state index contributed by atoms with van der Waals surface area (Å²) in [4.78, 5) is 4.41. The van der Waals surface area contributed by atoms with Crippen molar-refractivity contribution in [2.75, 3.05) is 6.54 Å². The Labute approximate surface area is 111 Å². The quantitative estimate of drug-likeness (QED) is 0.773. The van der Waals surface area contributed by atoms with Crippen LogP contribution >= 0.6 is 0 Å². The predicted molar refractivity (Wildman–Crippen MR) is 75.5 cm³/mol. The molecular formula is C14H28N4. The van der Waals surface area contributed by atoms with Gasteiger partial charge in [0.2, 0.25) is 0 Å². The van der Waals surface area contributed by atoms with Crippen molar-refractivity contribution < 1.29 is 0 Å². The second-order valence-electron chi connectivity index (χ2n) is 5.84. The summed E-state index contributed by atoms with van der Waals surface area (Å²) >= 11 is 0. The van der Waals surface area contributed by atoms with Crippen molar-refractivity contribution in [2.45, 2.75) is 60.0 Å². The van der Waals surface area contributed by atoms with Crippen LogP contribution in [0.5, 0.6) is 0 Å². The maximum atomic E-state index is 4.41. The molecule has 1 heterocycles. The van der Waals surface area contributed by atoms with E-state index in [1.54, 1.807) is 6.33 Å². The Bertz CT molecular complexity index is 330. The second kappa shape index (κ2) is 7.52. The van der Waals surface area contributed by atoms with Gasteiger partial charge >= 0.3 is 0 Å². The SMILES string of the molecule is CCNC(Cc1ncnn1CC(C)C)CC(C)C. The van der Waals surface area contributed by atoms with E-state index in [4.69, 9.17) is 0 Å². The molecular weight excluding hydrogens is 224 g/mol. The largest absolute Gasteiger partial charge is 0.314 e. The highest BCUT2D eigenvalue weighted by Crippen LogP contribution is 2.10. The van der Waals surface area contributed by atoms with Gasteiger partial charge in [0.1, 0.15) is 12.2 Å². The van der Waals surface area contributed by atoms with Crippen LogP contribution in [0.3, 0.4) is 0 Å². The van der Waals surface area contributed by atoms with E-state index in [-0.39, 0.29) is 0 Å². The van der Waals surface area contributed by atoms with Crippen LogP contribution in [0.2, 0.25) is 0 Å². The molecule has 18 heavy (non-hydrogen) atoms. The molecule has 0 aliphatic heterocycles. The summed E-state index contributed by atoms with van der Waals surface area (Å²) in [5.74, 6) is 2.42. The van der Waals surface area contributed by atoms with Crippen molar-refractivity contribution in [3.8, 4) is 0 Å². The average molecular weight is 252 g/mol. The molecule has 0 saturated heterocycles. The zero-order chi connectivity index (χ0) is 13.5. The van der Waals surface area contributed by atoms with Crippen LogP contribution in [0.25, 0.3) is 0 Å². The zero-order valence-electron chi connectivity index (χ0n) is 12.5. The minimum absolute atomic E-state index is 0.505. The topological polar surface area (TPSA) is 42.7 Å². The van der Waals surface area contributed by atoms with Crippen LogP contribution in [0, 0.1) is 11.8 Å². The normalized spacial score (nSPS) is 13.5. The first-order valence-corrected chi connectivity index (χ1v) is 7.13. The first-order chi connectivity index (χ1) is 8.52. The Kier molecular flexibility index (Phi) is 6.33. The van der Waals surface area contributed by atoms with Crippen molar-refractivity contribution in [2.24, 2.45) is 11.8 Å². The summed E-state index contributed by atoms with van der Waals surface area (Å²) < 4.78 is 2.05. The van der Waals surface area contributed by atoms with Crippen LogP contribution in [0.1, 0.15) is 46.9 Å². The molecule has 0 aromatic carbocycles. The number of nitrogens with zero attached hydrogens (tertiary/aromatic N) is 3. The standard InChI is InChI=1S/C14H28N4/c1-6-15-13(7-11(2)3)8-14-16-10-17-18(14)9-12(4)5/h10-13,15H,6-9H2,1-5H3. The summed E-state index contributed by atoms with van der Waals surface area (Å²) in [6.07, 6.45) is 3.83. The van der Waals surface area contributed by atoms with Crippen molar-refractivity contribution >= 4 is 0 Å². The lowest BCUT2D eigenvalue weighted by atomic mass is 10.0. The number of hydrogen-bond acceptors (Lipinski definition) is 3. The van der Waals surface area contributed by atoms with Gasteiger partial charge in [0.05, 0.1) is 0 Å². The summed E-state index contributed by atoms with van der Waals surface area (Å²) in [6, 6.07) is 0.505. The zero-order valence-corrected chi connectivity index (χ0v) is 12.5. The lowest BCUT2D eigenvalue weighted by Gasteiger charge is -2.20. The van der Waals surface area contributed by atoms with Crippen LogP contribution in [0.15, 0.2) is 6.33 Å². The first-order valence-electron chi connectivity index (χ1n) is 7.13. The Balaban J connectivity index is 2.64. The van der Waals surface area contributed by atoms with Crippen LogP contribution in [-0.4, -0.2) is 27.4 Å². The minimum Gasteiger partial charge on any atom is -0.314 e. The highest BCUT2D eigenvalue weighted by Gasteiger charge is 2.14. The smallest absolute Gasteiger partial charge is 0.138 e. The fourth-order valence-corrected chi connectivity index (χ4v) is 2.26. The molecule has 1 rings (SSSR count). The summed E-state index contributed by atoms with van der Waals surface area (Å²) in [6.45, 7) is 13.1. The van der Waals surface area contributed by atoms with E-state index >= 15 is 0 Å².